The van der Waals surface area contributed by atoms with Crippen LogP contribution < -0.4 is 0 Å². The summed E-state index contributed by atoms with van der Waals surface area (Å²) in [6.07, 6.45) is 2.42. The van der Waals surface area contributed by atoms with Crippen LogP contribution in [0.1, 0.15) is 26.2 Å². The molecule has 4 heteroatoms. The van der Waals surface area contributed by atoms with Crippen molar-refractivity contribution in [3.05, 3.63) is 12.2 Å². The molecule has 16 heavy (non-hydrogen) atoms. The average molecular weight is 223 g/mol. The highest BCUT2D eigenvalue weighted by molar-refractivity contribution is 5.94. The first-order valence-electron chi connectivity index (χ1n) is 5.75. The first-order chi connectivity index (χ1) is 7.61. The zero-order chi connectivity index (χ0) is 11.7. The van der Waals surface area contributed by atoms with Gasteiger partial charge in [-0.15, -0.1) is 0 Å². The maximum atomic E-state index is 12.2. The van der Waals surface area contributed by atoms with Crippen molar-refractivity contribution in [2.45, 2.75) is 26.2 Å². The van der Waals surface area contributed by atoms with Crippen molar-refractivity contribution in [3.8, 4) is 0 Å². The van der Waals surface area contributed by atoms with E-state index in [4.69, 9.17) is 4.74 Å². The monoisotopic (exact) mass is 223 g/mol. The summed E-state index contributed by atoms with van der Waals surface area (Å²) in [5.74, 6) is 0.0945. The maximum absolute atomic E-state index is 12.2. The van der Waals surface area contributed by atoms with E-state index in [0.717, 1.165) is 24.8 Å². The number of carbonyl (C=O) groups is 2. The van der Waals surface area contributed by atoms with E-state index in [1.807, 2.05) is 6.92 Å². The van der Waals surface area contributed by atoms with Crippen LogP contribution in [0.3, 0.4) is 0 Å². The van der Waals surface area contributed by atoms with Crippen LogP contribution in [-0.2, 0) is 9.53 Å². The fourth-order valence-electron chi connectivity index (χ4n) is 2.64. The van der Waals surface area contributed by atoms with Crippen LogP contribution in [0.5, 0.6) is 0 Å². The number of rotatable bonds is 2. The van der Waals surface area contributed by atoms with E-state index >= 15 is 0 Å². The summed E-state index contributed by atoms with van der Waals surface area (Å²) in [5, 5.41) is 0. The summed E-state index contributed by atoms with van der Waals surface area (Å²) >= 11 is 0. The van der Waals surface area contributed by atoms with E-state index in [1.165, 1.54) is 4.90 Å². The fourth-order valence-corrected chi connectivity index (χ4v) is 2.64. The van der Waals surface area contributed by atoms with Crippen LogP contribution in [0, 0.1) is 11.8 Å². The molecule has 1 saturated heterocycles. The quantitative estimate of drug-likeness (QED) is 0.672. The number of carbonyl (C=O) groups excluding carboxylic acids is 2. The molecule has 0 aromatic rings. The van der Waals surface area contributed by atoms with Gasteiger partial charge < -0.3 is 4.74 Å². The standard InChI is InChI=1S/C12H17NO3/c1-8(2)9-4-3-5-10(9)11(14)13-6-7-16-12(13)15/h9-10H,1,3-7H2,2H3. The molecule has 4 nitrogen and oxygen atoms in total. The molecule has 2 rings (SSSR count). The Balaban J connectivity index is 2.09. The Hall–Kier alpha value is -1.32. The van der Waals surface area contributed by atoms with Crippen molar-refractivity contribution in [2.75, 3.05) is 13.2 Å². The van der Waals surface area contributed by atoms with Gasteiger partial charge in [0.1, 0.15) is 6.61 Å². The highest BCUT2D eigenvalue weighted by atomic mass is 16.6. The van der Waals surface area contributed by atoms with Crippen molar-refractivity contribution < 1.29 is 14.3 Å². The number of amides is 2. The van der Waals surface area contributed by atoms with E-state index in [2.05, 4.69) is 6.58 Å². The number of cyclic esters (lactones) is 1. The van der Waals surface area contributed by atoms with Crippen LogP contribution in [0.4, 0.5) is 4.79 Å². The lowest BCUT2D eigenvalue weighted by Gasteiger charge is -2.22. The molecule has 1 heterocycles. The van der Waals surface area contributed by atoms with Crippen molar-refractivity contribution in [1.29, 1.82) is 0 Å². The molecule has 2 unspecified atom stereocenters. The van der Waals surface area contributed by atoms with Gasteiger partial charge >= 0.3 is 6.09 Å². The number of allylic oxidation sites excluding steroid dienone is 1. The summed E-state index contributed by atoms with van der Waals surface area (Å²) in [6.45, 7) is 6.61. The van der Waals surface area contributed by atoms with Gasteiger partial charge in [0, 0.05) is 5.92 Å². The van der Waals surface area contributed by atoms with Gasteiger partial charge in [-0.25, -0.2) is 9.69 Å². The average Bonchev–Trinajstić information content (AvgIpc) is 2.84. The molecular weight excluding hydrogens is 206 g/mol. The number of imide groups is 1. The second-order valence-electron chi connectivity index (χ2n) is 4.59. The lowest BCUT2D eigenvalue weighted by molar-refractivity contribution is -0.132. The van der Waals surface area contributed by atoms with E-state index in [-0.39, 0.29) is 17.7 Å². The van der Waals surface area contributed by atoms with Gasteiger partial charge in [-0.05, 0) is 25.7 Å². The molecule has 1 aliphatic carbocycles. The molecule has 2 amide bonds. The predicted molar refractivity (Wildman–Crippen MR) is 58.7 cm³/mol. The summed E-state index contributed by atoms with van der Waals surface area (Å²) < 4.78 is 4.79. The van der Waals surface area contributed by atoms with Crippen molar-refractivity contribution in [1.82, 2.24) is 4.90 Å². The van der Waals surface area contributed by atoms with Gasteiger partial charge in [0.2, 0.25) is 5.91 Å². The van der Waals surface area contributed by atoms with Crippen LogP contribution in [0.15, 0.2) is 12.2 Å². The molecule has 0 spiro atoms. The highest BCUT2D eigenvalue weighted by Crippen LogP contribution is 2.37. The number of hydrogen-bond acceptors (Lipinski definition) is 3. The normalized spacial score (nSPS) is 29.3. The molecule has 2 aliphatic rings. The maximum Gasteiger partial charge on any atom is 0.416 e. The fraction of sp³-hybridized carbons (Fsp3) is 0.667. The minimum absolute atomic E-state index is 0.0665. The molecule has 2 fully saturated rings. The van der Waals surface area contributed by atoms with Crippen LogP contribution in [-0.4, -0.2) is 30.1 Å². The molecule has 0 radical (unpaired) electrons. The van der Waals surface area contributed by atoms with Crippen molar-refractivity contribution in [2.24, 2.45) is 11.8 Å². The summed E-state index contributed by atoms with van der Waals surface area (Å²) in [5.41, 5.74) is 1.04. The first-order valence-corrected chi connectivity index (χ1v) is 5.75. The Kier molecular flexibility index (Phi) is 2.99. The summed E-state index contributed by atoms with van der Waals surface area (Å²) in [4.78, 5) is 24.7. The third kappa shape index (κ3) is 1.84. The molecule has 0 bridgehead atoms. The Morgan fingerprint density at radius 1 is 1.44 bits per heavy atom. The van der Waals surface area contributed by atoms with Gasteiger partial charge in [0.25, 0.3) is 0 Å². The molecule has 0 aromatic heterocycles. The zero-order valence-corrected chi connectivity index (χ0v) is 9.57. The van der Waals surface area contributed by atoms with E-state index in [1.54, 1.807) is 0 Å². The minimum atomic E-state index is -0.489. The summed E-state index contributed by atoms with van der Waals surface area (Å²) in [7, 11) is 0. The zero-order valence-electron chi connectivity index (χ0n) is 9.57. The van der Waals surface area contributed by atoms with Crippen molar-refractivity contribution in [3.63, 3.8) is 0 Å². The molecule has 0 N–H and O–H groups in total. The SMILES string of the molecule is C=C(C)C1CCCC1C(=O)N1CCOC1=O. The van der Waals surface area contributed by atoms with Gasteiger partial charge in [-0.2, -0.15) is 0 Å². The molecule has 2 atom stereocenters. The number of nitrogens with zero attached hydrogens (tertiary/aromatic N) is 1. The highest BCUT2D eigenvalue weighted by Gasteiger charge is 2.39. The minimum Gasteiger partial charge on any atom is -0.447 e. The van der Waals surface area contributed by atoms with Crippen LogP contribution in [0.2, 0.25) is 0 Å². The molecule has 88 valence electrons. The Morgan fingerprint density at radius 2 is 2.12 bits per heavy atom. The molecular formula is C12H17NO3. The van der Waals surface area contributed by atoms with Crippen LogP contribution >= 0.6 is 0 Å². The van der Waals surface area contributed by atoms with Gasteiger partial charge in [0.05, 0.1) is 6.54 Å². The van der Waals surface area contributed by atoms with E-state index < -0.39 is 6.09 Å². The lowest BCUT2D eigenvalue weighted by Crippen LogP contribution is -2.38. The topological polar surface area (TPSA) is 46.6 Å². The lowest BCUT2D eigenvalue weighted by atomic mass is 9.89. The van der Waals surface area contributed by atoms with E-state index in [9.17, 15) is 9.59 Å². The second kappa shape index (κ2) is 4.28. The second-order valence-corrected chi connectivity index (χ2v) is 4.59. The Morgan fingerprint density at radius 3 is 2.69 bits per heavy atom. The molecule has 1 aliphatic heterocycles. The van der Waals surface area contributed by atoms with Gasteiger partial charge in [-0.1, -0.05) is 18.6 Å². The third-order valence-corrected chi connectivity index (χ3v) is 3.49. The van der Waals surface area contributed by atoms with Crippen molar-refractivity contribution >= 4 is 12.0 Å². The molecule has 0 aromatic carbocycles. The predicted octanol–water partition coefficient (Wildman–Crippen LogP) is 1.96. The van der Waals surface area contributed by atoms with Gasteiger partial charge in [0.15, 0.2) is 0 Å². The third-order valence-electron chi connectivity index (χ3n) is 3.49. The van der Waals surface area contributed by atoms with Gasteiger partial charge in [-0.3, -0.25) is 4.79 Å². The largest absolute Gasteiger partial charge is 0.447 e. The number of ether oxygens (including phenoxy) is 1. The summed E-state index contributed by atoms with van der Waals surface area (Å²) in [6, 6.07) is 0. The van der Waals surface area contributed by atoms with Crippen LogP contribution in [0.25, 0.3) is 0 Å². The van der Waals surface area contributed by atoms with E-state index in [0.29, 0.717) is 13.2 Å². The Labute approximate surface area is 95.2 Å². The Bertz CT molecular complexity index is 337. The molecule has 1 saturated carbocycles. The number of hydrogen-bond donors (Lipinski definition) is 0. The first kappa shape index (κ1) is 11.2. The smallest absolute Gasteiger partial charge is 0.416 e.